The number of methoxy groups -OCH3 is 1. The van der Waals surface area contributed by atoms with Crippen LogP contribution in [0, 0.1) is 5.92 Å². The smallest absolute Gasteiger partial charge is 0.0615 e. The quantitative estimate of drug-likeness (QED) is 0.630. The lowest BCUT2D eigenvalue weighted by Crippen LogP contribution is -2.34. The zero-order chi connectivity index (χ0) is 10.1. The first-order valence-corrected chi connectivity index (χ1v) is 5.43. The van der Waals surface area contributed by atoms with E-state index in [4.69, 9.17) is 4.74 Å². The van der Waals surface area contributed by atoms with Crippen LogP contribution in [0.5, 0.6) is 0 Å². The zero-order valence-electron chi connectivity index (χ0n) is 9.60. The Morgan fingerprint density at radius 2 is 1.92 bits per heavy atom. The molecule has 0 bridgehead atoms. The van der Waals surface area contributed by atoms with Crippen LogP contribution < -0.4 is 5.32 Å². The van der Waals surface area contributed by atoms with E-state index < -0.39 is 0 Å². The van der Waals surface area contributed by atoms with E-state index >= 15 is 0 Å². The average Bonchev–Trinajstić information content (AvgIpc) is 2.09. The van der Waals surface area contributed by atoms with Crippen molar-refractivity contribution in [3.63, 3.8) is 0 Å². The number of hydrogen-bond acceptors (Lipinski definition) is 2. The third-order valence-corrected chi connectivity index (χ3v) is 2.14. The minimum atomic E-state index is 0.548. The minimum absolute atomic E-state index is 0.548. The highest BCUT2D eigenvalue weighted by atomic mass is 16.5. The molecule has 13 heavy (non-hydrogen) atoms. The first-order valence-electron chi connectivity index (χ1n) is 5.43. The van der Waals surface area contributed by atoms with Crippen molar-refractivity contribution in [3.8, 4) is 0 Å². The molecular formula is C11H25NO. The second kappa shape index (κ2) is 8.52. The molecule has 2 nitrogen and oxygen atoms in total. The van der Waals surface area contributed by atoms with E-state index in [0.29, 0.717) is 6.04 Å². The average molecular weight is 187 g/mol. The molecule has 80 valence electrons. The van der Waals surface area contributed by atoms with Crippen LogP contribution in [0.25, 0.3) is 0 Å². The highest BCUT2D eigenvalue weighted by molar-refractivity contribution is 4.66. The Kier molecular flexibility index (Phi) is 8.46. The molecule has 0 aromatic rings. The van der Waals surface area contributed by atoms with Gasteiger partial charge in [-0.05, 0) is 31.7 Å². The van der Waals surface area contributed by atoms with Crippen molar-refractivity contribution in [2.45, 2.75) is 46.1 Å². The van der Waals surface area contributed by atoms with Crippen molar-refractivity contribution < 1.29 is 4.74 Å². The van der Waals surface area contributed by atoms with Gasteiger partial charge < -0.3 is 10.1 Å². The zero-order valence-corrected chi connectivity index (χ0v) is 9.60. The van der Waals surface area contributed by atoms with Gasteiger partial charge in [-0.3, -0.25) is 0 Å². The highest BCUT2D eigenvalue weighted by Gasteiger charge is 2.07. The Morgan fingerprint density at radius 1 is 1.23 bits per heavy atom. The predicted molar refractivity (Wildman–Crippen MR) is 58.0 cm³/mol. The SMILES string of the molecule is CCCNC(CCC(C)C)COC. The lowest BCUT2D eigenvalue weighted by Gasteiger charge is -2.18. The van der Waals surface area contributed by atoms with Gasteiger partial charge in [-0.2, -0.15) is 0 Å². The first-order chi connectivity index (χ1) is 6.20. The molecule has 0 saturated carbocycles. The monoisotopic (exact) mass is 187 g/mol. The number of nitrogens with one attached hydrogen (secondary N) is 1. The molecule has 1 unspecified atom stereocenters. The van der Waals surface area contributed by atoms with Crippen LogP contribution in [-0.2, 0) is 4.74 Å². The van der Waals surface area contributed by atoms with Crippen molar-refractivity contribution in [2.24, 2.45) is 5.92 Å². The van der Waals surface area contributed by atoms with Gasteiger partial charge in [0.05, 0.1) is 6.61 Å². The molecule has 0 aliphatic carbocycles. The molecule has 0 radical (unpaired) electrons. The molecule has 2 heteroatoms. The van der Waals surface area contributed by atoms with E-state index in [-0.39, 0.29) is 0 Å². The van der Waals surface area contributed by atoms with Crippen LogP contribution in [0.4, 0.5) is 0 Å². The second-order valence-corrected chi connectivity index (χ2v) is 4.08. The summed E-state index contributed by atoms with van der Waals surface area (Å²) in [6.45, 7) is 8.67. The van der Waals surface area contributed by atoms with E-state index in [0.717, 1.165) is 19.1 Å². The van der Waals surface area contributed by atoms with Crippen LogP contribution in [0.15, 0.2) is 0 Å². The second-order valence-electron chi connectivity index (χ2n) is 4.08. The fraction of sp³-hybridized carbons (Fsp3) is 1.00. The van der Waals surface area contributed by atoms with Crippen LogP contribution in [0.2, 0.25) is 0 Å². The number of rotatable bonds is 8. The van der Waals surface area contributed by atoms with Crippen molar-refractivity contribution in [3.05, 3.63) is 0 Å². The standard InChI is InChI=1S/C11H25NO/c1-5-8-12-11(9-13-4)7-6-10(2)3/h10-12H,5-9H2,1-4H3. The highest BCUT2D eigenvalue weighted by Crippen LogP contribution is 2.07. The van der Waals surface area contributed by atoms with E-state index in [2.05, 4.69) is 26.1 Å². The molecule has 0 amide bonds. The van der Waals surface area contributed by atoms with Gasteiger partial charge in [0.25, 0.3) is 0 Å². The summed E-state index contributed by atoms with van der Waals surface area (Å²) in [5.74, 6) is 0.794. The molecular weight excluding hydrogens is 162 g/mol. The van der Waals surface area contributed by atoms with Gasteiger partial charge in [0.2, 0.25) is 0 Å². The predicted octanol–water partition coefficient (Wildman–Crippen LogP) is 2.44. The van der Waals surface area contributed by atoms with Crippen LogP contribution in [0.1, 0.15) is 40.0 Å². The van der Waals surface area contributed by atoms with Gasteiger partial charge in [-0.15, -0.1) is 0 Å². The lowest BCUT2D eigenvalue weighted by molar-refractivity contribution is 0.159. The Labute approximate surface area is 83.1 Å². The molecule has 0 aliphatic rings. The minimum Gasteiger partial charge on any atom is -0.383 e. The third-order valence-electron chi connectivity index (χ3n) is 2.14. The topological polar surface area (TPSA) is 21.3 Å². The third kappa shape index (κ3) is 8.26. The molecule has 0 aromatic carbocycles. The summed E-state index contributed by atoms with van der Waals surface area (Å²) in [5.41, 5.74) is 0. The Hall–Kier alpha value is -0.0800. The lowest BCUT2D eigenvalue weighted by atomic mass is 10.0. The molecule has 0 aromatic heterocycles. The van der Waals surface area contributed by atoms with Crippen molar-refractivity contribution in [2.75, 3.05) is 20.3 Å². The summed E-state index contributed by atoms with van der Waals surface area (Å²) in [5, 5.41) is 3.50. The summed E-state index contributed by atoms with van der Waals surface area (Å²) in [4.78, 5) is 0. The number of hydrogen-bond donors (Lipinski definition) is 1. The van der Waals surface area contributed by atoms with Gasteiger partial charge in [0.1, 0.15) is 0 Å². The first kappa shape index (κ1) is 12.9. The maximum atomic E-state index is 5.17. The van der Waals surface area contributed by atoms with Crippen molar-refractivity contribution >= 4 is 0 Å². The van der Waals surface area contributed by atoms with Gasteiger partial charge >= 0.3 is 0 Å². The Morgan fingerprint density at radius 3 is 2.38 bits per heavy atom. The summed E-state index contributed by atoms with van der Waals surface area (Å²) in [6, 6.07) is 0.548. The molecule has 1 atom stereocenters. The van der Waals surface area contributed by atoms with E-state index in [9.17, 15) is 0 Å². The van der Waals surface area contributed by atoms with Crippen molar-refractivity contribution in [1.29, 1.82) is 0 Å². The van der Waals surface area contributed by atoms with Crippen LogP contribution in [-0.4, -0.2) is 26.3 Å². The molecule has 0 aliphatic heterocycles. The van der Waals surface area contributed by atoms with Crippen molar-refractivity contribution in [1.82, 2.24) is 5.32 Å². The molecule has 0 heterocycles. The van der Waals surface area contributed by atoms with E-state index in [1.165, 1.54) is 19.3 Å². The van der Waals surface area contributed by atoms with Gasteiger partial charge in [-0.1, -0.05) is 20.8 Å². The van der Waals surface area contributed by atoms with Crippen LogP contribution in [0.3, 0.4) is 0 Å². The van der Waals surface area contributed by atoms with Gasteiger partial charge in [-0.25, -0.2) is 0 Å². The molecule has 1 N–H and O–H groups in total. The Balaban J connectivity index is 3.53. The molecule has 0 saturated heterocycles. The fourth-order valence-corrected chi connectivity index (χ4v) is 1.33. The summed E-state index contributed by atoms with van der Waals surface area (Å²) in [7, 11) is 1.77. The largest absolute Gasteiger partial charge is 0.383 e. The normalized spacial score (nSPS) is 13.6. The van der Waals surface area contributed by atoms with E-state index in [1.54, 1.807) is 7.11 Å². The van der Waals surface area contributed by atoms with Gasteiger partial charge in [0, 0.05) is 13.2 Å². The molecule has 0 fully saturated rings. The number of ether oxygens (including phenoxy) is 1. The van der Waals surface area contributed by atoms with E-state index in [1.807, 2.05) is 0 Å². The maximum Gasteiger partial charge on any atom is 0.0615 e. The summed E-state index contributed by atoms with van der Waals surface area (Å²) >= 11 is 0. The Bertz CT molecular complexity index is 104. The maximum absolute atomic E-state index is 5.17. The van der Waals surface area contributed by atoms with Crippen LogP contribution >= 0.6 is 0 Å². The van der Waals surface area contributed by atoms with Gasteiger partial charge in [0.15, 0.2) is 0 Å². The molecule has 0 spiro atoms. The summed E-state index contributed by atoms with van der Waals surface area (Å²) in [6.07, 6.45) is 3.71. The summed E-state index contributed by atoms with van der Waals surface area (Å²) < 4.78 is 5.17. The fourth-order valence-electron chi connectivity index (χ4n) is 1.33. The molecule has 0 rings (SSSR count).